The number of fused-ring (bicyclic) bond motifs is 3. The first-order valence-electron chi connectivity index (χ1n) is 18.4. The standard InChI is InChI=1S/C48H34F5N/c1-47-23-9-10-24-48(47,2)54(46-44(52)42(50)41(49)43(51)45(46)53)38-22-17-30(25-37(38)47)36-26-35(28-13-7-4-8-14-28)33-19-16-29-15-18-31(27-11-5-3-6-12-27)32-20-21-34(36)40(33)39(29)32/h3-8,11-22,25-26H,9-10,23-24H2,1-2H3. The molecule has 0 aromatic heterocycles. The molecule has 1 aliphatic carbocycles. The van der Waals surface area contributed by atoms with E-state index in [1.165, 1.54) is 10.3 Å². The van der Waals surface area contributed by atoms with Gasteiger partial charge in [-0.05, 0) is 109 Å². The van der Waals surface area contributed by atoms with Gasteiger partial charge in [0.15, 0.2) is 23.3 Å². The van der Waals surface area contributed by atoms with Gasteiger partial charge in [-0.1, -0.05) is 123 Å². The van der Waals surface area contributed by atoms with Crippen LogP contribution in [0.1, 0.15) is 45.1 Å². The molecule has 8 aromatic rings. The van der Waals surface area contributed by atoms with E-state index in [0.717, 1.165) is 78.7 Å². The van der Waals surface area contributed by atoms with Gasteiger partial charge in [0.1, 0.15) is 5.69 Å². The Kier molecular flexibility index (Phi) is 7.07. The van der Waals surface area contributed by atoms with Crippen molar-refractivity contribution in [1.29, 1.82) is 0 Å². The van der Waals surface area contributed by atoms with Gasteiger partial charge in [0.2, 0.25) is 5.82 Å². The number of nitrogens with zero attached hydrogens (tertiary/aromatic N) is 1. The second kappa shape index (κ2) is 11.6. The zero-order valence-electron chi connectivity index (χ0n) is 29.7. The third-order valence-electron chi connectivity index (χ3n) is 12.8. The summed E-state index contributed by atoms with van der Waals surface area (Å²) in [6.45, 7) is 3.98. The third-order valence-corrected chi connectivity index (χ3v) is 12.8. The highest BCUT2D eigenvalue weighted by atomic mass is 19.2. The minimum absolute atomic E-state index is 0.461. The van der Waals surface area contributed by atoms with Gasteiger partial charge in [0.05, 0.1) is 5.54 Å². The van der Waals surface area contributed by atoms with E-state index >= 15 is 8.78 Å². The maximum absolute atomic E-state index is 15.7. The van der Waals surface area contributed by atoms with E-state index in [-0.39, 0.29) is 0 Å². The first-order valence-corrected chi connectivity index (χ1v) is 18.4. The van der Waals surface area contributed by atoms with Crippen molar-refractivity contribution in [3.8, 4) is 33.4 Å². The molecule has 1 saturated carbocycles. The summed E-state index contributed by atoms with van der Waals surface area (Å²) in [6.07, 6.45) is 2.86. The minimum Gasteiger partial charge on any atom is -0.329 e. The summed E-state index contributed by atoms with van der Waals surface area (Å²) in [4.78, 5) is 1.41. The fourth-order valence-corrected chi connectivity index (χ4v) is 9.90. The molecule has 1 heterocycles. The Morgan fingerprint density at radius 1 is 0.481 bits per heavy atom. The van der Waals surface area contributed by atoms with Gasteiger partial charge in [-0.2, -0.15) is 0 Å². The SMILES string of the molecule is CC12CCCCC1(C)N(c1c(F)c(F)c(F)c(F)c1F)c1ccc(-c3cc(-c4ccccc4)c4ccc5ccc(-c6ccccc6)c6ccc3c4c56)cc12. The molecule has 0 saturated heterocycles. The molecule has 2 aliphatic rings. The Hall–Kier alpha value is -5.75. The summed E-state index contributed by atoms with van der Waals surface area (Å²) in [7, 11) is 0. The monoisotopic (exact) mass is 719 g/mol. The lowest BCUT2D eigenvalue weighted by Crippen LogP contribution is -2.55. The topological polar surface area (TPSA) is 3.24 Å². The van der Waals surface area contributed by atoms with Gasteiger partial charge in [-0.25, -0.2) is 22.0 Å². The average Bonchev–Trinajstić information content (AvgIpc) is 3.41. The van der Waals surface area contributed by atoms with E-state index < -0.39 is 45.7 Å². The number of benzene rings is 8. The van der Waals surface area contributed by atoms with Crippen LogP contribution in [0.3, 0.4) is 0 Å². The van der Waals surface area contributed by atoms with E-state index in [1.807, 2.05) is 43.3 Å². The Morgan fingerprint density at radius 2 is 1.02 bits per heavy atom. The molecule has 1 fully saturated rings. The number of hydrogen-bond acceptors (Lipinski definition) is 1. The Balaban J connectivity index is 1.27. The van der Waals surface area contributed by atoms with Gasteiger partial charge < -0.3 is 4.90 Å². The maximum atomic E-state index is 15.7. The lowest BCUT2D eigenvalue weighted by molar-refractivity contribution is 0.192. The molecule has 0 spiro atoms. The summed E-state index contributed by atoms with van der Waals surface area (Å²) >= 11 is 0. The third kappa shape index (κ3) is 4.31. The Labute approximate surface area is 309 Å². The number of hydrogen-bond donors (Lipinski definition) is 0. The normalized spacial score (nSPS) is 19.6. The van der Waals surface area contributed by atoms with Crippen molar-refractivity contribution in [2.45, 2.75) is 50.5 Å². The molecule has 0 N–H and O–H groups in total. The van der Waals surface area contributed by atoms with E-state index in [1.54, 1.807) is 0 Å². The summed E-state index contributed by atoms with van der Waals surface area (Å²) in [5.41, 5.74) is 5.17. The van der Waals surface area contributed by atoms with Crippen LogP contribution in [-0.2, 0) is 5.41 Å². The summed E-state index contributed by atoms with van der Waals surface area (Å²) in [5.74, 6) is -9.65. The first kappa shape index (κ1) is 32.9. The molecule has 8 aromatic carbocycles. The Bertz CT molecular complexity index is 2790. The van der Waals surface area contributed by atoms with Crippen LogP contribution in [-0.4, -0.2) is 5.54 Å². The molecule has 54 heavy (non-hydrogen) atoms. The van der Waals surface area contributed by atoms with Crippen LogP contribution in [0.25, 0.3) is 65.7 Å². The van der Waals surface area contributed by atoms with Crippen molar-refractivity contribution < 1.29 is 22.0 Å². The molecule has 0 bridgehead atoms. The number of anilines is 2. The highest BCUT2D eigenvalue weighted by Crippen LogP contribution is 2.62. The van der Waals surface area contributed by atoms with E-state index in [9.17, 15) is 13.2 Å². The molecule has 0 amide bonds. The smallest absolute Gasteiger partial charge is 0.200 e. The fourth-order valence-electron chi connectivity index (χ4n) is 9.90. The van der Waals surface area contributed by atoms with Crippen LogP contribution in [0.2, 0.25) is 0 Å². The molecule has 2 unspecified atom stereocenters. The molecule has 2 atom stereocenters. The molecular formula is C48H34F5N. The summed E-state index contributed by atoms with van der Waals surface area (Å²) < 4.78 is 75.3. The van der Waals surface area contributed by atoms with Crippen molar-refractivity contribution in [2.24, 2.45) is 0 Å². The second-order valence-electron chi connectivity index (χ2n) is 15.4. The van der Waals surface area contributed by atoms with Crippen molar-refractivity contribution in [3.63, 3.8) is 0 Å². The van der Waals surface area contributed by atoms with Gasteiger partial charge in [-0.3, -0.25) is 0 Å². The Morgan fingerprint density at radius 3 is 1.69 bits per heavy atom. The fraction of sp³-hybridized carbons (Fsp3) is 0.167. The quantitative estimate of drug-likeness (QED) is 0.0758. The van der Waals surface area contributed by atoms with Crippen molar-refractivity contribution in [3.05, 3.63) is 156 Å². The van der Waals surface area contributed by atoms with Crippen LogP contribution in [0.5, 0.6) is 0 Å². The second-order valence-corrected chi connectivity index (χ2v) is 15.4. The van der Waals surface area contributed by atoms with Crippen LogP contribution in [0, 0.1) is 29.1 Å². The zero-order chi connectivity index (χ0) is 37.1. The lowest BCUT2D eigenvalue weighted by Gasteiger charge is -2.50. The van der Waals surface area contributed by atoms with E-state index in [4.69, 9.17) is 0 Å². The average molecular weight is 720 g/mol. The first-order chi connectivity index (χ1) is 26.1. The van der Waals surface area contributed by atoms with Crippen LogP contribution in [0.15, 0.2) is 121 Å². The van der Waals surface area contributed by atoms with Crippen molar-refractivity contribution in [1.82, 2.24) is 0 Å². The predicted molar refractivity (Wildman–Crippen MR) is 209 cm³/mol. The van der Waals surface area contributed by atoms with Gasteiger partial charge >= 0.3 is 0 Å². The van der Waals surface area contributed by atoms with Crippen LogP contribution in [0.4, 0.5) is 33.3 Å². The molecule has 1 aliphatic heterocycles. The van der Waals surface area contributed by atoms with Crippen molar-refractivity contribution in [2.75, 3.05) is 4.90 Å². The molecule has 266 valence electrons. The number of halogens is 5. The molecule has 6 heteroatoms. The zero-order valence-corrected chi connectivity index (χ0v) is 29.7. The number of rotatable bonds is 4. The van der Waals surface area contributed by atoms with Gasteiger partial charge in [0, 0.05) is 11.1 Å². The highest BCUT2D eigenvalue weighted by molar-refractivity contribution is 6.30. The summed E-state index contributed by atoms with van der Waals surface area (Å²) in [5, 5.41) is 6.82. The summed E-state index contributed by atoms with van der Waals surface area (Å²) in [6, 6.07) is 41.9. The largest absolute Gasteiger partial charge is 0.329 e. The maximum Gasteiger partial charge on any atom is 0.200 e. The van der Waals surface area contributed by atoms with E-state index in [0.29, 0.717) is 18.5 Å². The molecule has 0 radical (unpaired) electrons. The van der Waals surface area contributed by atoms with Crippen LogP contribution < -0.4 is 4.90 Å². The lowest BCUT2D eigenvalue weighted by atomic mass is 9.61. The van der Waals surface area contributed by atoms with Crippen molar-refractivity contribution >= 4 is 43.7 Å². The minimum atomic E-state index is -2.15. The predicted octanol–water partition coefficient (Wildman–Crippen LogP) is 14.0. The van der Waals surface area contributed by atoms with Crippen LogP contribution >= 0.6 is 0 Å². The van der Waals surface area contributed by atoms with E-state index in [2.05, 4.69) is 91.9 Å². The molecule has 1 nitrogen and oxygen atoms in total. The molecular weight excluding hydrogens is 686 g/mol. The van der Waals surface area contributed by atoms with Gasteiger partial charge in [-0.15, -0.1) is 0 Å². The highest BCUT2D eigenvalue weighted by Gasteiger charge is 2.59. The van der Waals surface area contributed by atoms with Gasteiger partial charge in [0.25, 0.3) is 0 Å². The molecule has 10 rings (SSSR count).